The molecule has 0 aliphatic carbocycles. The molecule has 0 aromatic heterocycles. The van der Waals surface area contributed by atoms with E-state index < -0.39 is 5.97 Å². The molecule has 128 valence electrons. The van der Waals surface area contributed by atoms with Crippen molar-refractivity contribution < 1.29 is 14.3 Å². The number of ether oxygens (including phenoxy) is 2. The van der Waals surface area contributed by atoms with Gasteiger partial charge in [0.2, 0.25) is 0 Å². The van der Waals surface area contributed by atoms with Crippen molar-refractivity contribution in [2.75, 3.05) is 6.61 Å². The molecule has 0 fully saturated rings. The van der Waals surface area contributed by atoms with E-state index in [4.69, 9.17) is 21.1 Å². The van der Waals surface area contributed by atoms with Crippen molar-refractivity contribution in [1.29, 1.82) is 0 Å². The van der Waals surface area contributed by atoms with Gasteiger partial charge in [0.05, 0.1) is 17.2 Å². The molecule has 0 N–H and O–H groups in total. The van der Waals surface area contributed by atoms with Crippen LogP contribution in [0.2, 0.25) is 5.02 Å². The molecule has 0 spiro atoms. The molecule has 0 radical (unpaired) electrons. The van der Waals surface area contributed by atoms with Gasteiger partial charge in [-0.1, -0.05) is 53.7 Å². The number of carbonyl (C=O) groups excluding carboxylic acids is 1. The molecule has 2 aromatic rings. The van der Waals surface area contributed by atoms with Crippen LogP contribution in [0, 0.1) is 0 Å². The first-order valence-electron chi connectivity index (χ1n) is 8.00. The smallest absolute Gasteiger partial charge is 0.343 e. The second-order valence-corrected chi connectivity index (χ2v) is 6.72. The summed E-state index contributed by atoms with van der Waals surface area (Å²) in [6.07, 6.45) is 4.65. The molecule has 2 rings (SSSR count). The third kappa shape index (κ3) is 5.84. The highest BCUT2D eigenvalue weighted by Crippen LogP contribution is 2.28. The summed E-state index contributed by atoms with van der Waals surface area (Å²) in [6.45, 7) is 2.87. The molecule has 0 aliphatic heterocycles. The van der Waals surface area contributed by atoms with E-state index >= 15 is 0 Å². The number of esters is 1. The number of carbonyl (C=O) groups is 1. The molecule has 0 aliphatic rings. The highest BCUT2D eigenvalue weighted by molar-refractivity contribution is 9.10. The molecule has 0 bridgehead atoms. The number of hydrogen-bond donors (Lipinski definition) is 0. The highest BCUT2D eigenvalue weighted by atomic mass is 79.9. The van der Waals surface area contributed by atoms with Crippen molar-refractivity contribution in [3.8, 4) is 11.5 Å². The fraction of sp³-hybridized carbons (Fsp3) is 0.316. The lowest BCUT2D eigenvalue weighted by Crippen LogP contribution is -2.08. The van der Waals surface area contributed by atoms with Gasteiger partial charge in [-0.05, 0) is 48.9 Å². The Morgan fingerprint density at radius 3 is 2.50 bits per heavy atom. The average molecular weight is 412 g/mol. The quantitative estimate of drug-likeness (QED) is 0.291. The van der Waals surface area contributed by atoms with Gasteiger partial charge in [-0.3, -0.25) is 0 Å². The number of rotatable bonds is 8. The summed E-state index contributed by atoms with van der Waals surface area (Å²) in [7, 11) is 0. The molecule has 0 amide bonds. The fourth-order valence-corrected chi connectivity index (χ4v) is 2.83. The number of hydrogen-bond acceptors (Lipinski definition) is 3. The average Bonchev–Trinajstić information content (AvgIpc) is 2.57. The molecule has 0 atom stereocenters. The molecule has 5 heteroatoms. The zero-order valence-corrected chi connectivity index (χ0v) is 15.9. The minimum Gasteiger partial charge on any atom is -0.494 e. The SMILES string of the molecule is CCCCCCOc1ccc(C(=O)Oc2ccc(Br)cc2Cl)cc1. The Morgan fingerprint density at radius 2 is 1.83 bits per heavy atom. The van der Waals surface area contributed by atoms with E-state index in [2.05, 4.69) is 22.9 Å². The summed E-state index contributed by atoms with van der Waals surface area (Å²) in [5.74, 6) is 0.638. The predicted molar refractivity (Wildman–Crippen MR) is 100 cm³/mol. The molecule has 3 nitrogen and oxygen atoms in total. The molecule has 0 unspecified atom stereocenters. The number of halogens is 2. The van der Waals surface area contributed by atoms with Gasteiger partial charge in [0.1, 0.15) is 11.5 Å². The summed E-state index contributed by atoms with van der Waals surface area (Å²) < 4.78 is 11.8. The fourth-order valence-electron chi connectivity index (χ4n) is 2.12. The summed E-state index contributed by atoms with van der Waals surface area (Å²) in [6, 6.07) is 12.0. The molecule has 0 saturated carbocycles. The maximum atomic E-state index is 12.2. The molecule has 24 heavy (non-hydrogen) atoms. The summed E-state index contributed by atoms with van der Waals surface area (Å²) in [5.41, 5.74) is 0.451. The van der Waals surface area contributed by atoms with Gasteiger partial charge >= 0.3 is 5.97 Å². The van der Waals surface area contributed by atoms with Crippen LogP contribution >= 0.6 is 27.5 Å². The minimum absolute atomic E-state index is 0.334. The Labute approximate surface area is 156 Å². The van der Waals surface area contributed by atoms with Crippen LogP contribution in [0.25, 0.3) is 0 Å². The molecule has 0 heterocycles. The van der Waals surface area contributed by atoms with Crippen LogP contribution in [0.5, 0.6) is 11.5 Å². The number of benzene rings is 2. The van der Waals surface area contributed by atoms with E-state index in [1.807, 2.05) is 0 Å². The lowest BCUT2D eigenvalue weighted by Gasteiger charge is -2.08. The Hall–Kier alpha value is -1.52. The maximum absolute atomic E-state index is 12.2. The maximum Gasteiger partial charge on any atom is 0.343 e. The lowest BCUT2D eigenvalue weighted by molar-refractivity contribution is 0.0735. The minimum atomic E-state index is -0.450. The van der Waals surface area contributed by atoms with Crippen molar-refractivity contribution in [1.82, 2.24) is 0 Å². The lowest BCUT2D eigenvalue weighted by atomic mass is 10.2. The summed E-state index contributed by atoms with van der Waals surface area (Å²) in [4.78, 5) is 12.2. The van der Waals surface area contributed by atoms with Crippen LogP contribution in [0.1, 0.15) is 43.0 Å². The van der Waals surface area contributed by atoms with E-state index in [1.54, 1.807) is 42.5 Å². The van der Waals surface area contributed by atoms with Crippen LogP contribution < -0.4 is 9.47 Å². The normalized spacial score (nSPS) is 10.5. The van der Waals surface area contributed by atoms with Crippen molar-refractivity contribution in [3.63, 3.8) is 0 Å². The second-order valence-electron chi connectivity index (χ2n) is 5.40. The van der Waals surface area contributed by atoms with Crippen molar-refractivity contribution >= 4 is 33.5 Å². The van der Waals surface area contributed by atoms with Gasteiger partial charge in [-0.25, -0.2) is 4.79 Å². The van der Waals surface area contributed by atoms with Crippen LogP contribution in [-0.4, -0.2) is 12.6 Å². The van der Waals surface area contributed by atoms with Gasteiger partial charge in [-0.15, -0.1) is 0 Å². The first-order chi connectivity index (χ1) is 11.6. The number of unbranched alkanes of at least 4 members (excludes halogenated alkanes) is 3. The van der Waals surface area contributed by atoms with E-state index in [-0.39, 0.29) is 0 Å². The monoisotopic (exact) mass is 410 g/mol. The van der Waals surface area contributed by atoms with Crippen LogP contribution in [-0.2, 0) is 0 Å². The molecular weight excluding hydrogens is 392 g/mol. The van der Waals surface area contributed by atoms with Crippen molar-refractivity contribution in [2.45, 2.75) is 32.6 Å². The van der Waals surface area contributed by atoms with E-state index in [0.717, 1.165) is 16.6 Å². The Balaban J connectivity index is 1.89. The third-order valence-corrected chi connectivity index (χ3v) is 4.24. The van der Waals surface area contributed by atoms with Crippen molar-refractivity contribution in [3.05, 3.63) is 57.5 Å². The van der Waals surface area contributed by atoms with Crippen LogP contribution in [0.15, 0.2) is 46.9 Å². The Morgan fingerprint density at radius 1 is 1.08 bits per heavy atom. The van der Waals surface area contributed by atoms with Crippen LogP contribution in [0.3, 0.4) is 0 Å². The van der Waals surface area contributed by atoms with E-state index in [1.165, 1.54) is 19.3 Å². The zero-order chi connectivity index (χ0) is 17.4. The summed E-state index contributed by atoms with van der Waals surface area (Å²) in [5, 5.41) is 0.379. The third-order valence-electron chi connectivity index (χ3n) is 3.45. The Kier molecular flexibility index (Phi) is 7.60. The van der Waals surface area contributed by atoms with Crippen LogP contribution in [0.4, 0.5) is 0 Å². The summed E-state index contributed by atoms with van der Waals surface area (Å²) >= 11 is 9.36. The first-order valence-corrected chi connectivity index (χ1v) is 9.17. The molecule has 0 saturated heterocycles. The van der Waals surface area contributed by atoms with Gasteiger partial charge in [0, 0.05) is 4.47 Å². The van der Waals surface area contributed by atoms with Gasteiger partial charge in [0.25, 0.3) is 0 Å². The van der Waals surface area contributed by atoms with Gasteiger partial charge in [-0.2, -0.15) is 0 Å². The molecular formula is C19H20BrClO3. The van der Waals surface area contributed by atoms with Gasteiger partial charge < -0.3 is 9.47 Å². The standard InChI is InChI=1S/C19H20BrClO3/c1-2-3-4-5-12-23-16-9-6-14(7-10-16)19(22)24-18-11-8-15(20)13-17(18)21/h6-11,13H,2-5,12H2,1H3. The van der Waals surface area contributed by atoms with Gasteiger partial charge in [0.15, 0.2) is 0 Å². The van der Waals surface area contributed by atoms with E-state index in [0.29, 0.717) is 22.9 Å². The van der Waals surface area contributed by atoms with E-state index in [9.17, 15) is 4.79 Å². The highest BCUT2D eigenvalue weighted by Gasteiger charge is 2.11. The molecule has 2 aromatic carbocycles. The zero-order valence-electron chi connectivity index (χ0n) is 13.6. The topological polar surface area (TPSA) is 35.5 Å². The second kappa shape index (κ2) is 9.70. The first kappa shape index (κ1) is 18.8. The predicted octanol–water partition coefficient (Wildman–Crippen LogP) is 6.28. The Bertz CT molecular complexity index is 671. The van der Waals surface area contributed by atoms with Crippen molar-refractivity contribution in [2.24, 2.45) is 0 Å². The largest absolute Gasteiger partial charge is 0.494 e.